The van der Waals surface area contributed by atoms with Gasteiger partial charge in [0.05, 0.1) is 10.6 Å². The molecular weight excluding hydrogens is 402 g/mol. The lowest BCUT2D eigenvalue weighted by molar-refractivity contribution is -0.137. The number of amides is 1. The van der Waals surface area contributed by atoms with E-state index in [1.807, 2.05) is 0 Å². The Bertz CT molecular complexity index is 855. The highest BCUT2D eigenvalue weighted by atomic mass is 35.5. The molecule has 0 bridgehead atoms. The zero-order valence-electron chi connectivity index (χ0n) is 12.0. The summed E-state index contributed by atoms with van der Waals surface area (Å²) in [7, 11) is 0. The minimum absolute atomic E-state index is 0.392. The van der Waals surface area contributed by atoms with E-state index in [9.17, 15) is 39.9 Å². The van der Waals surface area contributed by atoms with Crippen molar-refractivity contribution in [2.24, 2.45) is 0 Å². The Morgan fingerprint density at radius 3 is 1.88 bits per heavy atom. The lowest BCUT2D eigenvalue weighted by Gasteiger charge is -2.12. The third kappa shape index (κ3) is 3.82. The number of carbonyl (C=O) groups excluding carboxylic acids is 1. The van der Waals surface area contributed by atoms with Gasteiger partial charge in [0.25, 0.3) is 0 Å². The van der Waals surface area contributed by atoms with Crippen LogP contribution in [0.2, 0.25) is 5.02 Å². The molecule has 2 aromatic carbocycles. The molecule has 0 aromatic heterocycles. The molecule has 0 saturated carbocycles. The zero-order chi connectivity index (χ0) is 19.8. The Morgan fingerprint density at radius 1 is 0.923 bits per heavy atom. The lowest BCUT2D eigenvalue weighted by Crippen LogP contribution is -2.19. The Balaban J connectivity index is 2.24. The molecule has 0 atom stereocenters. The average Bonchev–Trinajstić information content (AvgIpc) is 2.54. The molecule has 12 heteroatoms. The van der Waals surface area contributed by atoms with E-state index in [0.717, 1.165) is 6.07 Å². The van der Waals surface area contributed by atoms with Crippen LogP contribution < -0.4 is 10.1 Å². The third-order valence-electron chi connectivity index (χ3n) is 2.89. The SMILES string of the molecule is O=C(Nc1ccc(C(F)(F)F)c(Cl)c1)Oc1c(F)c(F)c(F)c(F)c1F. The van der Waals surface area contributed by atoms with Crippen molar-refractivity contribution in [2.45, 2.75) is 6.18 Å². The van der Waals surface area contributed by atoms with E-state index in [1.54, 1.807) is 5.32 Å². The first-order valence-electron chi connectivity index (χ1n) is 6.30. The minimum atomic E-state index is -4.77. The number of alkyl halides is 3. The van der Waals surface area contributed by atoms with Crippen molar-refractivity contribution in [2.75, 3.05) is 5.32 Å². The molecule has 1 amide bonds. The Kier molecular flexibility index (Phi) is 5.31. The number of rotatable bonds is 2. The number of benzene rings is 2. The second-order valence-corrected chi connectivity index (χ2v) is 5.01. The quantitative estimate of drug-likeness (QED) is 0.397. The molecule has 0 radical (unpaired) electrons. The van der Waals surface area contributed by atoms with E-state index in [2.05, 4.69) is 4.74 Å². The standard InChI is InChI=1S/C14H4ClF8NO2/c15-6-3-4(1-2-5(6)14(21,22)23)24-13(25)26-12-10(19)8(17)7(16)9(18)11(12)20/h1-3H,(H,24,25). The molecule has 0 spiro atoms. The fourth-order valence-corrected chi connectivity index (χ4v) is 2.02. The van der Waals surface area contributed by atoms with Crippen molar-refractivity contribution >= 4 is 23.4 Å². The van der Waals surface area contributed by atoms with Gasteiger partial charge >= 0.3 is 12.3 Å². The molecule has 3 nitrogen and oxygen atoms in total. The highest BCUT2D eigenvalue weighted by Crippen LogP contribution is 2.36. The van der Waals surface area contributed by atoms with Gasteiger partial charge in [-0.05, 0) is 18.2 Å². The predicted molar refractivity (Wildman–Crippen MR) is 72.3 cm³/mol. The summed E-state index contributed by atoms with van der Waals surface area (Å²) < 4.78 is 107. The number of anilines is 1. The van der Waals surface area contributed by atoms with Crippen molar-refractivity contribution < 1.29 is 44.7 Å². The average molecular weight is 406 g/mol. The molecule has 0 aliphatic heterocycles. The summed E-state index contributed by atoms with van der Waals surface area (Å²) in [6.45, 7) is 0. The molecule has 0 unspecified atom stereocenters. The fraction of sp³-hybridized carbons (Fsp3) is 0.0714. The van der Waals surface area contributed by atoms with E-state index in [-0.39, 0.29) is 0 Å². The summed E-state index contributed by atoms with van der Waals surface area (Å²) in [5.41, 5.74) is -1.62. The molecule has 0 fully saturated rings. The summed E-state index contributed by atoms with van der Waals surface area (Å²) in [5.74, 6) is -13.8. The van der Waals surface area contributed by atoms with Crippen LogP contribution in [0.5, 0.6) is 5.75 Å². The molecule has 140 valence electrons. The van der Waals surface area contributed by atoms with Crippen molar-refractivity contribution in [3.63, 3.8) is 0 Å². The van der Waals surface area contributed by atoms with Gasteiger partial charge in [0.15, 0.2) is 0 Å². The predicted octanol–water partition coefficient (Wildman–Crippen LogP) is 5.67. The molecule has 26 heavy (non-hydrogen) atoms. The monoisotopic (exact) mass is 405 g/mol. The molecule has 0 heterocycles. The minimum Gasteiger partial charge on any atom is -0.404 e. The van der Waals surface area contributed by atoms with Crippen molar-refractivity contribution in [1.82, 2.24) is 0 Å². The van der Waals surface area contributed by atoms with Gasteiger partial charge in [0.2, 0.25) is 34.8 Å². The summed E-state index contributed by atoms with van der Waals surface area (Å²) in [6, 6.07) is 1.87. The summed E-state index contributed by atoms with van der Waals surface area (Å²) >= 11 is 5.39. The maximum absolute atomic E-state index is 13.4. The highest BCUT2D eigenvalue weighted by Gasteiger charge is 2.33. The van der Waals surface area contributed by atoms with Crippen LogP contribution in [0.25, 0.3) is 0 Å². The molecule has 0 saturated heterocycles. The van der Waals surface area contributed by atoms with Gasteiger partial charge < -0.3 is 4.74 Å². The number of hydrogen-bond donors (Lipinski definition) is 1. The van der Waals surface area contributed by atoms with Gasteiger partial charge in [-0.15, -0.1) is 0 Å². The lowest BCUT2D eigenvalue weighted by atomic mass is 10.2. The van der Waals surface area contributed by atoms with E-state index >= 15 is 0 Å². The maximum Gasteiger partial charge on any atom is 0.417 e. The molecule has 0 aliphatic rings. The third-order valence-corrected chi connectivity index (χ3v) is 3.20. The fourth-order valence-electron chi connectivity index (χ4n) is 1.73. The van der Waals surface area contributed by atoms with Gasteiger partial charge in [0.1, 0.15) is 0 Å². The van der Waals surface area contributed by atoms with Gasteiger partial charge in [-0.3, -0.25) is 5.32 Å². The van der Waals surface area contributed by atoms with E-state index in [0.29, 0.717) is 12.1 Å². The summed E-state index contributed by atoms with van der Waals surface area (Å²) in [6.07, 6.45) is -6.50. The Labute approximate surface area is 144 Å². The Hall–Kier alpha value is -2.56. The van der Waals surface area contributed by atoms with Crippen LogP contribution in [0, 0.1) is 29.1 Å². The van der Waals surface area contributed by atoms with Crippen molar-refractivity contribution in [3.05, 3.63) is 57.9 Å². The van der Waals surface area contributed by atoms with Crippen LogP contribution in [-0.4, -0.2) is 6.09 Å². The number of ether oxygens (including phenoxy) is 1. The second kappa shape index (κ2) is 6.98. The topological polar surface area (TPSA) is 38.3 Å². The number of carbonyl (C=O) groups is 1. The summed E-state index contributed by atoms with van der Waals surface area (Å²) in [5, 5.41) is 0.920. The van der Waals surface area contributed by atoms with Crippen LogP contribution in [0.15, 0.2) is 18.2 Å². The summed E-state index contributed by atoms with van der Waals surface area (Å²) in [4.78, 5) is 11.5. The molecule has 2 aromatic rings. The smallest absolute Gasteiger partial charge is 0.404 e. The van der Waals surface area contributed by atoms with E-state index in [1.165, 1.54) is 0 Å². The van der Waals surface area contributed by atoms with Gasteiger partial charge in [0, 0.05) is 5.69 Å². The van der Waals surface area contributed by atoms with Crippen molar-refractivity contribution in [1.29, 1.82) is 0 Å². The van der Waals surface area contributed by atoms with Crippen LogP contribution in [0.3, 0.4) is 0 Å². The van der Waals surface area contributed by atoms with E-state index < -0.39 is 63.4 Å². The molecular formula is C14H4ClF8NO2. The number of halogens is 9. The van der Waals surface area contributed by atoms with Crippen LogP contribution in [0.4, 0.5) is 45.6 Å². The van der Waals surface area contributed by atoms with Gasteiger partial charge in [-0.2, -0.15) is 22.0 Å². The zero-order valence-corrected chi connectivity index (χ0v) is 12.7. The van der Waals surface area contributed by atoms with E-state index in [4.69, 9.17) is 11.6 Å². The molecule has 1 N–H and O–H groups in total. The largest absolute Gasteiger partial charge is 0.417 e. The molecule has 2 rings (SSSR count). The highest BCUT2D eigenvalue weighted by molar-refractivity contribution is 6.31. The number of hydrogen-bond acceptors (Lipinski definition) is 2. The van der Waals surface area contributed by atoms with Crippen LogP contribution in [-0.2, 0) is 6.18 Å². The first-order chi connectivity index (χ1) is 11.9. The van der Waals surface area contributed by atoms with Crippen LogP contribution in [0.1, 0.15) is 5.56 Å². The second-order valence-electron chi connectivity index (χ2n) is 4.61. The Morgan fingerprint density at radius 2 is 1.42 bits per heavy atom. The van der Waals surface area contributed by atoms with Gasteiger partial charge in [-0.25, -0.2) is 18.0 Å². The first kappa shape index (κ1) is 19.8. The van der Waals surface area contributed by atoms with Gasteiger partial charge in [-0.1, -0.05) is 11.6 Å². The number of nitrogens with one attached hydrogen (secondary N) is 1. The first-order valence-corrected chi connectivity index (χ1v) is 6.68. The normalized spacial score (nSPS) is 11.4. The molecule has 0 aliphatic carbocycles. The van der Waals surface area contributed by atoms with Crippen molar-refractivity contribution in [3.8, 4) is 5.75 Å². The maximum atomic E-state index is 13.4. The van der Waals surface area contributed by atoms with Crippen LogP contribution >= 0.6 is 11.6 Å².